The molecule has 0 unspecified atom stereocenters. The van der Waals surface area contributed by atoms with Gasteiger partial charge in [0, 0.05) is 50.0 Å². The fraction of sp³-hybridized carbons (Fsp3) is 0.550. The number of carbonyl (C=O) groups excluding carboxylic acids is 2. The fourth-order valence-corrected chi connectivity index (χ4v) is 4.77. The number of rotatable bonds is 5. The number of aromatic nitrogens is 3. The Morgan fingerprint density at radius 3 is 2.52 bits per heavy atom. The smallest absolute Gasteiger partial charge is 0.295 e. The summed E-state index contributed by atoms with van der Waals surface area (Å²) in [7, 11) is 0. The second-order valence-corrected chi connectivity index (χ2v) is 8.41. The SMILES string of the molecule is O=C(Nc1nc(CC(=O)N2CCN(C3CCCCC3)CC2)cs1)c1ncccn1. The maximum Gasteiger partial charge on any atom is 0.295 e. The van der Waals surface area contributed by atoms with Crippen molar-refractivity contribution in [2.75, 3.05) is 31.5 Å². The molecule has 1 aliphatic heterocycles. The maximum atomic E-state index is 12.7. The van der Waals surface area contributed by atoms with E-state index in [1.165, 1.54) is 55.8 Å². The van der Waals surface area contributed by atoms with Crippen LogP contribution in [0.5, 0.6) is 0 Å². The van der Waals surface area contributed by atoms with Gasteiger partial charge in [-0.1, -0.05) is 19.3 Å². The highest BCUT2D eigenvalue weighted by atomic mass is 32.1. The zero-order chi connectivity index (χ0) is 20.1. The first-order valence-corrected chi connectivity index (χ1v) is 11.1. The molecule has 1 aliphatic carbocycles. The van der Waals surface area contributed by atoms with Crippen molar-refractivity contribution in [1.29, 1.82) is 0 Å². The first kappa shape index (κ1) is 19.9. The average molecular weight is 415 g/mol. The molecule has 2 aliphatic rings. The largest absolute Gasteiger partial charge is 0.340 e. The lowest BCUT2D eigenvalue weighted by atomic mass is 9.94. The Labute approximate surface area is 174 Å². The molecule has 4 rings (SSSR count). The molecule has 3 heterocycles. The first-order valence-electron chi connectivity index (χ1n) is 10.2. The Bertz CT molecular complexity index is 829. The third kappa shape index (κ3) is 5.16. The number of carbonyl (C=O) groups is 2. The zero-order valence-electron chi connectivity index (χ0n) is 16.4. The summed E-state index contributed by atoms with van der Waals surface area (Å²) in [6.45, 7) is 3.50. The highest BCUT2D eigenvalue weighted by Gasteiger charge is 2.27. The van der Waals surface area contributed by atoms with Gasteiger partial charge in [0.25, 0.3) is 5.91 Å². The Morgan fingerprint density at radius 2 is 1.79 bits per heavy atom. The molecule has 2 amide bonds. The van der Waals surface area contributed by atoms with Gasteiger partial charge in [0.05, 0.1) is 12.1 Å². The molecular formula is C20H26N6O2S. The highest BCUT2D eigenvalue weighted by Crippen LogP contribution is 2.24. The molecule has 1 saturated heterocycles. The minimum atomic E-state index is -0.406. The number of thiazole rings is 1. The standard InChI is InChI=1S/C20H26N6O2S/c27-17(26-11-9-25(10-12-26)16-5-2-1-3-6-16)13-15-14-29-20(23-15)24-19(28)18-21-7-4-8-22-18/h4,7-8,14,16H,1-3,5-6,9-13H2,(H,23,24,28). The molecule has 1 saturated carbocycles. The average Bonchev–Trinajstić information content (AvgIpc) is 3.21. The van der Waals surface area contributed by atoms with E-state index in [1.54, 1.807) is 6.07 Å². The zero-order valence-corrected chi connectivity index (χ0v) is 17.2. The van der Waals surface area contributed by atoms with Gasteiger partial charge in [0.15, 0.2) is 5.13 Å². The summed E-state index contributed by atoms with van der Waals surface area (Å²) in [5, 5.41) is 4.95. The molecule has 2 aromatic rings. The van der Waals surface area contributed by atoms with E-state index in [9.17, 15) is 9.59 Å². The Kier molecular flexibility index (Phi) is 6.46. The molecule has 8 nitrogen and oxygen atoms in total. The molecule has 154 valence electrons. The molecule has 0 bridgehead atoms. The summed E-state index contributed by atoms with van der Waals surface area (Å²) in [4.78, 5) is 41.5. The van der Waals surface area contributed by atoms with Gasteiger partial charge in [-0.15, -0.1) is 11.3 Å². The number of amides is 2. The number of piperazine rings is 1. The topological polar surface area (TPSA) is 91.3 Å². The van der Waals surface area contributed by atoms with Crippen LogP contribution in [0.25, 0.3) is 0 Å². The van der Waals surface area contributed by atoms with Crippen LogP contribution in [-0.2, 0) is 11.2 Å². The van der Waals surface area contributed by atoms with Crippen molar-refractivity contribution in [3.63, 3.8) is 0 Å². The summed E-state index contributed by atoms with van der Waals surface area (Å²) in [6, 6.07) is 2.36. The summed E-state index contributed by atoms with van der Waals surface area (Å²) in [5.74, 6) is -0.212. The van der Waals surface area contributed by atoms with Crippen LogP contribution in [0.4, 0.5) is 5.13 Å². The second kappa shape index (κ2) is 9.41. The third-order valence-electron chi connectivity index (χ3n) is 5.63. The molecule has 2 aromatic heterocycles. The number of hydrogen-bond donors (Lipinski definition) is 1. The van der Waals surface area contributed by atoms with Gasteiger partial charge in [-0.3, -0.25) is 19.8 Å². The Balaban J connectivity index is 1.26. The van der Waals surface area contributed by atoms with Crippen LogP contribution in [0.3, 0.4) is 0 Å². The minimum Gasteiger partial charge on any atom is -0.340 e. The third-order valence-corrected chi connectivity index (χ3v) is 6.44. The van der Waals surface area contributed by atoms with Gasteiger partial charge in [0.1, 0.15) is 0 Å². The van der Waals surface area contributed by atoms with Gasteiger partial charge >= 0.3 is 0 Å². The maximum absolute atomic E-state index is 12.7. The molecule has 2 fully saturated rings. The number of anilines is 1. The van der Waals surface area contributed by atoms with E-state index in [2.05, 4.69) is 25.2 Å². The van der Waals surface area contributed by atoms with Gasteiger partial charge < -0.3 is 4.90 Å². The predicted molar refractivity (Wildman–Crippen MR) is 111 cm³/mol. The van der Waals surface area contributed by atoms with Crippen LogP contribution < -0.4 is 5.32 Å². The monoisotopic (exact) mass is 414 g/mol. The van der Waals surface area contributed by atoms with E-state index in [0.717, 1.165) is 26.2 Å². The van der Waals surface area contributed by atoms with Crippen molar-refractivity contribution in [3.05, 3.63) is 35.4 Å². The van der Waals surface area contributed by atoms with E-state index >= 15 is 0 Å². The molecular weight excluding hydrogens is 388 g/mol. The van der Waals surface area contributed by atoms with E-state index in [0.29, 0.717) is 16.9 Å². The Hall–Kier alpha value is -2.39. The summed E-state index contributed by atoms with van der Waals surface area (Å²) >= 11 is 1.30. The van der Waals surface area contributed by atoms with E-state index < -0.39 is 5.91 Å². The van der Waals surface area contributed by atoms with Crippen molar-refractivity contribution in [3.8, 4) is 0 Å². The fourth-order valence-electron chi connectivity index (χ4n) is 4.06. The number of nitrogens with one attached hydrogen (secondary N) is 1. The van der Waals surface area contributed by atoms with Gasteiger partial charge in [-0.2, -0.15) is 0 Å². The predicted octanol–water partition coefficient (Wildman–Crippen LogP) is 2.20. The van der Waals surface area contributed by atoms with Crippen molar-refractivity contribution in [2.45, 2.75) is 44.6 Å². The highest BCUT2D eigenvalue weighted by molar-refractivity contribution is 7.14. The lowest BCUT2D eigenvalue weighted by molar-refractivity contribution is -0.132. The van der Waals surface area contributed by atoms with Crippen molar-refractivity contribution in [1.82, 2.24) is 24.8 Å². The van der Waals surface area contributed by atoms with Crippen LogP contribution in [0.2, 0.25) is 0 Å². The lowest BCUT2D eigenvalue weighted by Crippen LogP contribution is -2.52. The molecule has 29 heavy (non-hydrogen) atoms. The molecule has 0 spiro atoms. The van der Waals surface area contributed by atoms with Crippen LogP contribution in [0, 0.1) is 0 Å². The summed E-state index contributed by atoms with van der Waals surface area (Å²) in [6.07, 6.45) is 9.93. The van der Waals surface area contributed by atoms with Crippen LogP contribution in [-0.4, -0.2) is 68.8 Å². The lowest BCUT2D eigenvalue weighted by Gasteiger charge is -2.40. The van der Waals surface area contributed by atoms with Crippen molar-refractivity contribution < 1.29 is 9.59 Å². The number of nitrogens with zero attached hydrogens (tertiary/aromatic N) is 5. The van der Waals surface area contributed by atoms with Gasteiger partial charge in [0.2, 0.25) is 11.7 Å². The van der Waals surface area contributed by atoms with Crippen molar-refractivity contribution >= 4 is 28.3 Å². The van der Waals surface area contributed by atoms with Crippen molar-refractivity contribution in [2.24, 2.45) is 0 Å². The molecule has 9 heteroatoms. The molecule has 1 N–H and O–H groups in total. The van der Waals surface area contributed by atoms with Crippen LogP contribution in [0.15, 0.2) is 23.8 Å². The molecule has 0 atom stereocenters. The summed E-state index contributed by atoms with van der Waals surface area (Å²) < 4.78 is 0. The summed E-state index contributed by atoms with van der Waals surface area (Å²) in [5.41, 5.74) is 0.680. The first-order chi connectivity index (χ1) is 14.2. The second-order valence-electron chi connectivity index (χ2n) is 7.56. The quantitative estimate of drug-likeness (QED) is 0.807. The van der Waals surface area contributed by atoms with Crippen LogP contribution in [0.1, 0.15) is 48.4 Å². The number of hydrogen-bond acceptors (Lipinski definition) is 7. The molecule has 0 aromatic carbocycles. The Morgan fingerprint density at radius 1 is 1.07 bits per heavy atom. The van der Waals surface area contributed by atoms with Gasteiger partial charge in [-0.05, 0) is 18.9 Å². The molecule has 0 radical (unpaired) electrons. The van der Waals surface area contributed by atoms with E-state index in [-0.39, 0.29) is 18.2 Å². The van der Waals surface area contributed by atoms with Gasteiger partial charge in [-0.25, -0.2) is 15.0 Å². The van der Waals surface area contributed by atoms with Crippen LogP contribution >= 0.6 is 11.3 Å². The van der Waals surface area contributed by atoms with E-state index in [1.807, 2.05) is 10.3 Å². The normalized spacial score (nSPS) is 18.6. The van der Waals surface area contributed by atoms with E-state index in [4.69, 9.17) is 0 Å². The minimum absolute atomic E-state index is 0.0937.